The highest BCUT2D eigenvalue weighted by Crippen LogP contribution is 2.41. The summed E-state index contributed by atoms with van der Waals surface area (Å²) in [5.41, 5.74) is 0.638. The lowest BCUT2D eigenvalue weighted by Gasteiger charge is -2.11. The van der Waals surface area contributed by atoms with Crippen LogP contribution in [0.15, 0.2) is 48.5 Å². The number of hydrogen-bond acceptors (Lipinski definition) is 3. The summed E-state index contributed by atoms with van der Waals surface area (Å²) in [7, 11) is 0. The quantitative estimate of drug-likeness (QED) is 0.793. The molecule has 0 aromatic heterocycles. The van der Waals surface area contributed by atoms with Gasteiger partial charge in [0.25, 0.3) is 6.29 Å². The minimum Gasteiger partial charge on any atom is -0.507 e. The van der Waals surface area contributed by atoms with Crippen molar-refractivity contribution in [2.24, 2.45) is 0 Å². The average molecular weight is 214 g/mol. The van der Waals surface area contributed by atoms with Gasteiger partial charge in [-0.1, -0.05) is 24.3 Å². The van der Waals surface area contributed by atoms with Gasteiger partial charge in [0.1, 0.15) is 5.75 Å². The lowest BCUT2D eigenvalue weighted by molar-refractivity contribution is 0.0465. The summed E-state index contributed by atoms with van der Waals surface area (Å²) in [6.45, 7) is 0. The Labute approximate surface area is 92.9 Å². The predicted octanol–water partition coefficient (Wildman–Crippen LogP) is 2.86. The van der Waals surface area contributed by atoms with Crippen LogP contribution in [0, 0.1) is 0 Å². The molecule has 3 nitrogen and oxygen atoms in total. The highest BCUT2D eigenvalue weighted by molar-refractivity contribution is 5.44. The molecule has 0 aliphatic carbocycles. The fourth-order valence-electron chi connectivity index (χ4n) is 1.71. The maximum atomic E-state index is 9.69. The van der Waals surface area contributed by atoms with Crippen molar-refractivity contribution in [3.05, 3.63) is 54.1 Å². The fraction of sp³-hybridized carbons (Fsp3) is 0.0769. The lowest BCUT2D eigenvalue weighted by Crippen LogP contribution is -2.07. The molecule has 0 spiro atoms. The number of aromatic hydroxyl groups is 1. The Morgan fingerprint density at radius 3 is 2.00 bits per heavy atom. The largest absolute Gasteiger partial charge is 0.507 e. The van der Waals surface area contributed by atoms with Crippen LogP contribution >= 0.6 is 0 Å². The zero-order valence-corrected chi connectivity index (χ0v) is 8.46. The smallest absolute Gasteiger partial charge is 0.271 e. The van der Waals surface area contributed by atoms with Crippen LogP contribution in [0.1, 0.15) is 11.9 Å². The van der Waals surface area contributed by atoms with E-state index in [1.54, 1.807) is 18.2 Å². The van der Waals surface area contributed by atoms with E-state index in [0.717, 1.165) is 0 Å². The van der Waals surface area contributed by atoms with Gasteiger partial charge in [0.15, 0.2) is 11.5 Å². The second kappa shape index (κ2) is 3.45. The van der Waals surface area contributed by atoms with Gasteiger partial charge in [-0.3, -0.25) is 0 Å². The number of benzene rings is 2. The number of para-hydroxylation sites is 3. The molecule has 80 valence electrons. The molecule has 0 atom stereocenters. The van der Waals surface area contributed by atoms with Gasteiger partial charge in [-0.15, -0.1) is 0 Å². The van der Waals surface area contributed by atoms with Crippen LogP contribution in [0.4, 0.5) is 0 Å². The van der Waals surface area contributed by atoms with E-state index in [9.17, 15) is 5.11 Å². The van der Waals surface area contributed by atoms with Crippen LogP contribution in [-0.2, 0) is 0 Å². The van der Waals surface area contributed by atoms with Gasteiger partial charge in [-0.2, -0.15) is 0 Å². The van der Waals surface area contributed by atoms with Crippen molar-refractivity contribution in [3.63, 3.8) is 0 Å². The molecule has 1 aliphatic heterocycles. The second-order valence-corrected chi connectivity index (χ2v) is 3.57. The van der Waals surface area contributed by atoms with Crippen LogP contribution in [0.25, 0.3) is 0 Å². The van der Waals surface area contributed by atoms with Gasteiger partial charge in [0, 0.05) is 0 Å². The summed E-state index contributed by atoms with van der Waals surface area (Å²) >= 11 is 0. The minimum absolute atomic E-state index is 0.181. The first kappa shape index (κ1) is 9.09. The summed E-state index contributed by atoms with van der Waals surface area (Å²) < 4.78 is 11.2. The Hall–Kier alpha value is -2.16. The molecule has 0 fully saturated rings. The van der Waals surface area contributed by atoms with E-state index >= 15 is 0 Å². The van der Waals surface area contributed by atoms with Gasteiger partial charge in [0.05, 0.1) is 5.56 Å². The summed E-state index contributed by atoms with van der Waals surface area (Å²) in [5, 5.41) is 9.69. The van der Waals surface area contributed by atoms with Gasteiger partial charge in [0.2, 0.25) is 0 Å². The Balaban J connectivity index is 1.95. The molecule has 1 heterocycles. The Bertz CT molecular complexity index is 497. The van der Waals surface area contributed by atoms with Crippen molar-refractivity contribution >= 4 is 0 Å². The van der Waals surface area contributed by atoms with Crippen molar-refractivity contribution < 1.29 is 14.6 Å². The first-order valence-electron chi connectivity index (χ1n) is 5.05. The molecule has 0 unspecified atom stereocenters. The summed E-state index contributed by atoms with van der Waals surface area (Å²) in [4.78, 5) is 0. The van der Waals surface area contributed by atoms with Crippen LogP contribution in [-0.4, -0.2) is 5.11 Å². The molecule has 0 saturated carbocycles. The number of phenols is 1. The fourth-order valence-corrected chi connectivity index (χ4v) is 1.71. The van der Waals surface area contributed by atoms with E-state index in [1.807, 2.05) is 30.3 Å². The number of rotatable bonds is 1. The summed E-state index contributed by atoms with van der Waals surface area (Å²) in [5.74, 6) is 1.59. The minimum atomic E-state index is -0.557. The third kappa shape index (κ3) is 1.37. The molecule has 3 rings (SSSR count). The molecule has 2 aromatic rings. The molecule has 0 saturated heterocycles. The number of fused-ring (bicyclic) bond motifs is 1. The normalized spacial score (nSPS) is 14.0. The molecule has 16 heavy (non-hydrogen) atoms. The zero-order chi connectivity index (χ0) is 11.0. The Morgan fingerprint density at radius 2 is 1.38 bits per heavy atom. The van der Waals surface area contributed by atoms with Gasteiger partial charge < -0.3 is 14.6 Å². The zero-order valence-electron chi connectivity index (χ0n) is 8.46. The average Bonchev–Trinajstić information content (AvgIpc) is 2.73. The van der Waals surface area contributed by atoms with Gasteiger partial charge >= 0.3 is 0 Å². The standard InChI is InChI=1S/C13H10O3/c14-10-6-2-1-5-9(10)13-15-11-7-3-4-8-12(11)16-13/h1-8,13-14H. The predicted molar refractivity (Wildman–Crippen MR) is 58.5 cm³/mol. The maximum absolute atomic E-state index is 9.69. The first-order chi connectivity index (χ1) is 7.84. The van der Waals surface area contributed by atoms with Crippen LogP contribution in [0.2, 0.25) is 0 Å². The summed E-state index contributed by atoms with van der Waals surface area (Å²) in [6, 6.07) is 14.5. The van der Waals surface area contributed by atoms with Gasteiger partial charge in [-0.25, -0.2) is 0 Å². The third-order valence-electron chi connectivity index (χ3n) is 2.51. The van der Waals surface area contributed by atoms with Crippen molar-refractivity contribution in [2.45, 2.75) is 6.29 Å². The lowest BCUT2D eigenvalue weighted by atomic mass is 10.2. The molecule has 2 aromatic carbocycles. The SMILES string of the molecule is Oc1ccccc1C1Oc2ccccc2O1. The van der Waals surface area contributed by atoms with E-state index in [1.165, 1.54) is 0 Å². The molecule has 3 heteroatoms. The highest BCUT2D eigenvalue weighted by atomic mass is 16.7. The molecule has 0 radical (unpaired) electrons. The monoisotopic (exact) mass is 214 g/mol. The van der Waals surface area contributed by atoms with Crippen LogP contribution in [0.3, 0.4) is 0 Å². The molecule has 1 N–H and O–H groups in total. The van der Waals surface area contributed by atoms with E-state index in [4.69, 9.17) is 9.47 Å². The van der Waals surface area contributed by atoms with E-state index in [0.29, 0.717) is 17.1 Å². The van der Waals surface area contributed by atoms with E-state index in [2.05, 4.69) is 0 Å². The topological polar surface area (TPSA) is 38.7 Å². The first-order valence-corrected chi connectivity index (χ1v) is 5.05. The summed E-state index contributed by atoms with van der Waals surface area (Å²) in [6.07, 6.45) is -0.557. The van der Waals surface area contributed by atoms with Crippen molar-refractivity contribution in [1.82, 2.24) is 0 Å². The van der Waals surface area contributed by atoms with Crippen molar-refractivity contribution in [3.8, 4) is 17.2 Å². The number of phenolic OH excluding ortho intramolecular Hbond substituents is 1. The van der Waals surface area contributed by atoms with Crippen LogP contribution in [0.5, 0.6) is 17.2 Å². The van der Waals surface area contributed by atoms with Crippen LogP contribution < -0.4 is 9.47 Å². The highest BCUT2D eigenvalue weighted by Gasteiger charge is 2.27. The van der Waals surface area contributed by atoms with Crippen molar-refractivity contribution in [1.29, 1.82) is 0 Å². The molecule has 1 aliphatic rings. The molecule has 0 amide bonds. The van der Waals surface area contributed by atoms with E-state index in [-0.39, 0.29) is 5.75 Å². The maximum Gasteiger partial charge on any atom is 0.271 e. The Kier molecular flexibility index (Phi) is 1.96. The molecule has 0 bridgehead atoms. The molecular weight excluding hydrogens is 204 g/mol. The second-order valence-electron chi connectivity index (χ2n) is 3.57. The number of hydrogen-bond donors (Lipinski definition) is 1. The van der Waals surface area contributed by atoms with Gasteiger partial charge in [-0.05, 0) is 24.3 Å². The number of ether oxygens (including phenoxy) is 2. The van der Waals surface area contributed by atoms with E-state index < -0.39 is 6.29 Å². The molecular formula is C13H10O3. The Morgan fingerprint density at radius 1 is 0.812 bits per heavy atom. The van der Waals surface area contributed by atoms with Crippen molar-refractivity contribution in [2.75, 3.05) is 0 Å². The third-order valence-corrected chi connectivity index (χ3v) is 2.51.